The number of hydrogen-bond acceptors (Lipinski definition) is 11. The Balaban J connectivity index is 1.49. The van der Waals surface area contributed by atoms with Crippen molar-refractivity contribution >= 4 is 18.0 Å². The van der Waals surface area contributed by atoms with Gasteiger partial charge in [0.2, 0.25) is 5.79 Å². The number of rotatable bonds is 9. The van der Waals surface area contributed by atoms with Crippen LogP contribution < -0.4 is 0 Å². The van der Waals surface area contributed by atoms with E-state index in [4.69, 9.17) is 28.4 Å². The first kappa shape index (κ1) is 35.2. The van der Waals surface area contributed by atoms with Gasteiger partial charge in [0, 0.05) is 38.9 Å². The van der Waals surface area contributed by atoms with Crippen molar-refractivity contribution in [3.05, 3.63) is 59.7 Å². The van der Waals surface area contributed by atoms with Crippen LogP contribution in [0.1, 0.15) is 53.2 Å². The van der Waals surface area contributed by atoms with Gasteiger partial charge in [-0.15, -0.1) is 0 Å². The van der Waals surface area contributed by atoms with Crippen LogP contribution in [0.15, 0.2) is 54.1 Å². The molecule has 5 rings (SSSR count). The van der Waals surface area contributed by atoms with Crippen molar-refractivity contribution in [2.75, 3.05) is 20.3 Å². The number of carbonyl (C=O) groups excluding carboxylic acids is 2. The van der Waals surface area contributed by atoms with Crippen molar-refractivity contribution in [1.29, 1.82) is 0 Å². The summed E-state index contributed by atoms with van der Waals surface area (Å²) >= 11 is 0. The maximum atomic E-state index is 13.3. The van der Waals surface area contributed by atoms with E-state index >= 15 is 0 Å². The number of aromatic nitrogens is 2. The van der Waals surface area contributed by atoms with Crippen molar-refractivity contribution in [1.82, 2.24) is 9.55 Å². The summed E-state index contributed by atoms with van der Waals surface area (Å²) in [5.74, 6) is -1.90. The number of fused-ring (bicyclic) bond motifs is 3. The zero-order valence-electron chi connectivity index (χ0n) is 28.2. The second-order valence-electron chi connectivity index (χ2n) is 13.6. The third-order valence-electron chi connectivity index (χ3n) is 9.88. The molecule has 1 aliphatic carbocycles. The average Bonchev–Trinajstić information content (AvgIpc) is 3.61. The summed E-state index contributed by atoms with van der Waals surface area (Å²) in [7, 11) is 3.40. The minimum atomic E-state index is -1.39. The molecule has 47 heavy (non-hydrogen) atoms. The SMILES string of the molecule is CO[C@]12C=C[C@](C)(O1)[C@@H](OC(=O)/C=C/c1cn(C)cn1)C[C@H]1C(C)=CC[C@H](C(C)C)[C@H]1/C=C\2COC1OCC(O)C(O)C1OC(C)=O. The molecule has 3 aliphatic heterocycles. The molecular formula is C35H48N2O10. The maximum Gasteiger partial charge on any atom is 0.331 e. The van der Waals surface area contributed by atoms with Crippen LogP contribution >= 0.6 is 0 Å². The molecule has 0 spiro atoms. The Bertz CT molecular complexity index is 1430. The summed E-state index contributed by atoms with van der Waals surface area (Å²) in [6, 6.07) is 0. The van der Waals surface area contributed by atoms with Gasteiger partial charge in [-0.3, -0.25) is 4.79 Å². The van der Waals surface area contributed by atoms with Gasteiger partial charge in [0.1, 0.15) is 23.9 Å². The normalized spacial score (nSPS) is 38.2. The number of aliphatic hydroxyl groups is 2. The number of hydrogen-bond donors (Lipinski definition) is 2. The van der Waals surface area contributed by atoms with Crippen LogP contribution in [0.2, 0.25) is 0 Å². The third-order valence-corrected chi connectivity index (χ3v) is 9.88. The lowest BCUT2D eigenvalue weighted by molar-refractivity contribution is -0.277. The van der Waals surface area contributed by atoms with Crippen LogP contribution in [-0.4, -0.2) is 94.1 Å². The first-order valence-corrected chi connectivity index (χ1v) is 16.2. The molecule has 12 nitrogen and oxygen atoms in total. The fraction of sp³-hybridized carbons (Fsp3) is 0.629. The van der Waals surface area contributed by atoms with E-state index in [-0.39, 0.29) is 31.0 Å². The highest BCUT2D eigenvalue weighted by Crippen LogP contribution is 2.49. The molecule has 10 atom stereocenters. The minimum Gasteiger partial charge on any atom is -0.456 e. The first-order valence-electron chi connectivity index (χ1n) is 16.2. The molecule has 4 aliphatic rings. The number of ether oxygens (including phenoxy) is 6. The Labute approximate surface area is 276 Å². The fourth-order valence-electron chi connectivity index (χ4n) is 7.17. The smallest absolute Gasteiger partial charge is 0.331 e. The number of imidazole rings is 1. The number of nitrogens with zero attached hydrogens (tertiary/aromatic N) is 2. The van der Waals surface area contributed by atoms with Gasteiger partial charge in [-0.05, 0) is 68.6 Å². The molecule has 2 bridgehead atoms. The van der Waals surface area contributed by atoms with Gasteiger partial charge in [0.15, 0.2) is 12.4 Å². The summed E-state index contributed by atoms with van der Waals surface area (Å²) < 4.78 is 38.1. The minimum absolute atomic E-state index is 0.0137. The predicted octanol–water partition coefficient (Wildman–Crippen LogP) is 3.24. The molecule has 1 saturated heterocycles. The molecule has 1 aromatic heterocycles. The van der Waals surface area contributed by atoms with E-state index in [0.29, 0.717) is 23.6 Å². The molecule has 4 unspecified atom stereocenters. The zero-order chi connectivity index (χ0) is 34.1. The Morgan fingerprint density at radius 2 is 2.00 bits per heavy atom. The van der Waals surface area contributed by atoms with Crippen molar-refractivity contribution in [2.45, 2.75) is 89.6 Å². The standard InChI is InChI=1S/C35H48N2O10/c1-20(2)25-10-8-21(3)26-15-29(46-30(40)11-9-24-16-37(6)19-36-24)34(5)12-13-35(42-7,47-34)23(14-27(25)26)17-43-33-32(45-22(4)38)31(41)28(39)18-44-33/h8-9,11-14,16,19-20,25-29,31-33,39,41H,10,15,17-18H2,1-7H3/b11-9+,23-14-/t25-,26+,27-,28?,29+,31?,32?,33?,34+,35-/m1/s1. The van der Waals surface area contributed by atoms with E-state index in [1.807, 2.05) is 26.1 Å². The highest BCUT2D eigenvalue weighted by molar-refractivity contribution is 5.86. The molecule has 12 heteroatoms. The summed E-state index contributed by atoms with van der Waals surface area (Å²) in [4.78, 5) is 29.4. The molecule has 0 saturated carbocycles. The number of carbonyl (C=O) groups is 2. The molecule has 1 fully saturated rings. The molecular weight excluding hydrogens is 608 g/mol. The van der Waals surface area contributed by atoms with E-state index in [1.165, 1.54) is 18.6 Å². The van der Waals surface area contributed by atoms with Gasteiger partial charge in [0.05, 0.1) is 25.2 Å². The monoisotopic (exact) mass is 656 g/mol. The number of esters is 2. The van der Waals surface area contributed by atoms with Gasteiger partial charge in [0.25, 0.3) is 0 Å². The van der Waals surface area contributed by atoms with Gasteiger partial charge < -0.3 is 43.2 Å². The molecule has 0 aromatic carbocycles. The Morgan fingerprint density at radius 3 is 2.66 bits per heavy atom. The van der Waals surface area contributed by atoms with E-state index < -0.39 is 54.0 Å². The Kier molecular flexibility index (Phi) is 10.6. The Hall–Kier alpha value is -3.13. The molecule has 1 aromatic rings. The zero-order valence-corrected chi connectivity index (χ0v) is 28.2. The van der Waals surface area contributed by atoms with E-state index in [0.717, 1.165) is 6.42 Å². The summed E-state index contributed by atoms with van der Waals surface area (Å²) in [6.07, 6.45) is 10.3. The van der Waals surface area contributed by atoms with Crippen molar-refractivity contribution in [3.63, 3.8) is 0 Å². The molecule has 4 heterocycles. The van der Waals surface area contributed by atoms with Gasteiger partial charge >= 0.3 is 11.9 Å². The van der Waals surface area contributed by atoms with E-state index in [9.17, 15) is 19.8 Å². The predicted molar refractivity (Wildman–Crippen MR) is 170 cm³/mol. The van der Waals surface area contributed by atoms with Crippen molar-refractivity contribution in [2.24, 2.45) is 30.7 Å². The number of aryl methyl sites for hydroxylation is 1. The lowest BCUT2D eigenvalue weighted by atomic mass is 9.65. The van der Waals surface area contributed by atoms with Gasteiger partial charge in [-0.1, -0.05) is 31.6 Å². The van der Waals surface area contributed by atoms with Crippen LogP contribution in [0.4, 0.5) is 0 Å². The summed E-state index contributed by atoms with van der Waals surface area (Å²) in [5.41, 5.74) is 1.43. The third kappa shape index (κ3) is 7.48. The second-order valence-corrected chi connectivity index (χ2v) is 13.6. The largest absolute Gasteiger partial charge is 0.456 e. The fourth-order valence-corrected chi connectivity index (χ4v) is 7.17. The van der Waals surface area contributed by atoms with Crippen LogP contribution in [-0.2, 0) is 45.1 Å². The average molecular weight is 657 g/mol. The number of aliphatic hydroxyl groups excluding tert-OH is 2. The first-order chi connectivity index (χ1) is 22.2. The topological polar surface area (TPSA) is 148 Å². The second kappa shape index (κ2) is 14.2. The van der Waals surface area contributed by atoms with Gasteiger partial charge in [-0.25, -0.2) is 9.78 Å². The van der Waals surface area contributed by atoms with Gasteiger partial charge in [-0.2, -0.15) is 0 Å². The Morgan fingerprint density at radius 1 is 1.23 bits per heavy atom. The molecule has 258 valence electrons. The lowest BCUT2D eigenvalue weighted by Gasteiger charge is -2.41. The van der Waals surface area contributed by atoms with Crippen LogP contribution in [0.5, 0.6) is 0 Å². The van der Waals surface area contributed by atoms with Crippen molar-refractivity contribution in [3.8, 4) is 0 Å². The molecule has 0 amide bonds. The summed E-state index contributed by atoms with van der Waals surface area (Å²) in [5, 5.41) is 20.8. The highest BCUT2D eigenvalue weighted by atomic mass is 16.7. The van der Waals surface area contributed by atoms with Crippen LogP contribution in [0, 0.1) is 23.7 Å². The van der Waals surface area contributed by atoms with E-state index in [2.05, 4.69) is 37.9 Å². The van der Waals surface area contributed by atoms with Crippen molar-refractivity contribution < 1.29 is 48.2 Å². The summed E-state index contributed by atoms with van der Waals surface area (Å²) in [6.45, 7) is 9.36. The van der Waals surface area contributed by atoms with Crippen LogP contribution in [0.3, 0.4) is 0 Å². The molecule has 2 N–H and O–H groups in total. The van der Waals surface area contributed by atoms with E-state index in [1.54, 1.807) is 30.3 Å². The van der Waals surface area contributed by atoms with Crippen LogP contribution in [0.25, 0.3) is 6.08 Å². The highest BCUT2D eigenvalue weighted by Gasteiger charge is 2.54. The quantitative estimate of drug-likeness (QED) is 0.229. The number of methoxy groups -OCH3 is 1. The lowest BCUT2D eigenvalue weighted by Crippen LogP contribution is -2.55. The molecule has 0 radical (unpaired) electrons. The number of allylic oxidation sites excluding steroid dienone is 3. The maximum absolute atomic E-state index is 13.3.